The van der Waals surface area contributed by atoms with E-state index in [4.69, 9.17) is 9.47 Å². The Morgan fingerprint density at radius 3 is 2.83 bits per heavy atom. The molecule has 2 fully saturated rings. The smallest absolute Gasteiger partial charge is 0.240 e. The molecule has 1 amide bonds. The molecule has 1 aromatic carbocycles. The van der Waals surface area contributed by atoms with E-state index in [1.807, 2.05) is 30.3 Å². The lowest BCUT2D eigenvalue weighted by atomic mass is 9.80. The Balaban J connectivity index is 1.46. The molecule has 2 aliphatic rings. The topological polar surface area (TPSA) is 59.9 Å². The zero-order valence-electron chi connectivity index (χ0n) is 13.4. The first kappa shape index (κ1) is 16.1. The van der Waals surface area contributed by atoms with Gasteiger partial charge in [0.05, 0.1) is 19.4 Å². The van der Waals surface area contributed by atoms with Gasteiger partial charge in [0.15, 0.2) is 5.79 Å². The SMILES string of the molecule is O=C(CC[C@H]1CCCCC12OCCO2)N/N=C\c1ccccc1. The highest BCUT2D eigenvalue weighted by atomic mass is 16.7. The Kier molecular flexibility index (Phi) is 5.41. The molecule has 5 nitrogen and oxygen atoms in total. The molecule has 1 saturated carbocycles. The Morgan fingerprint density at radius 2 is 2.04 bits per heavy atom. The monoisotopic (exact) mass is 316 g/mol. The van der Waals surface area contributed by atoms with Crippen LogP contribution in [0.2, 0.25) is 0 Å². The predicted molar refractivity (Wildman–Crippen MR) is 88.0 cm³/mol. The van der Waals surface area contributed by atoms with Crippen molar-refractivity contribution in [3.05, 3.63) is 35.9 Å². The highest BCUT2D eigenvalue weighted by Gasteiger charge is 2.45. The van der Waals surface area contributed by atoms with E-state index < -0.39 is 5.79 Å². The quantitative estimate of drug-likeness (QED) is 0.671. The number of ether oxygens (including phenoxy) is 2. The summed E-state index contributed by atoms with van der Waals surface area (Å²) in [5.74, 6) is -0.176. The maximum Gasteiger partial charge on any atom is 0.240 e. The van der Waals surface area contributed by atoms with Crippen molar-refractivity contribution in [2.75, 3.05) is 13.2 Å². The van der Waals surface area contributed by atoms with Crippen LogP contribution < -0.4 is 5.43 Å². The lowest BCUT2D eigenvalue weighted by Crippen LogP contribution is -2.42. The van der Waals surface area contributed by atoms with Gasteiger partial charge in [-0.15, -0.1) is 0 Å². The van der Waals surface area contributed by atoms with E-state index >= 15 is 0 Å². The molecule has 1 atom stereocenters. The molecule has 23 heavy (non-hydrogen) atoms. The predicted octanol–water partition coefficient (Wildman–Crippen LogP) is 2.85. The van der Waals surface area contributed by atoms with E-state index in [0.717, 1.165) is 31.2 Å². The van der Waals surface area contributed by atoms with Crippen molar-refractivity contribution in [1.29, 1.82) is 0 Å². The number of nitrogens with zero attached hydrogens (tertiary/aromatic N) is 1. The number of carbonyl (C=O) groups is 1. The molecule has 5 heteroatoms. The van der Waals surface area contributed by atoms with Crippen molar-refractivity contribution in [1.82, 2.24) is 5.43 Å². The third kappa shape index (κ3) is 4.18. The largest absolute Gasteiger partial charge is 0.347 e. The molecule has 1 aliphatic heterocycles. The van der Waals surface area contributed by atoms with Gasteiger partial charge in [0.2, 0.25) is 5.91 Å². The summed E-state index contributed by atoms with van der Waals surface area (Å²) in [6, 6.07) is 9.70. The van der Waals surface area contributed by atoms with Crippen molar-refractivity contribution >= 4 is 12.1 Å². The highest BCUT2D eigenvalue weighted by molar-refractivity contribution is 5.82. The summed E-state index contributed by atoms with van der Waals surface area (Å²) in [5.41, 5.74) is 3.56. The number of rotatable bonds is 5. The van der Waals surface area contributed by atoms with Gasteiger partial charge in [-0.05, 0) is 24.8 Å². The molecular weight excluding hydrogens is 292 g/mol. The second kappa shape index (κ2) is 7.70. The number of hydrazone groups is 1. The minimum absolute atomic E-state index is 0.0594. The third-order valence-electron chi connectivity index (χ3n) is 4.65. The Labute approximate surface area is 137 Å². The zero-order valence-corrected chi connectivity index (χ0v) is 13.4. The summed E-state index contributed by atoms with van der Waals surface area (Å²) in [5, 5.41) is 4.01. The van der Waals surface area contributed by atoms with Crippen molar-refractivity contribution in [3.63, 3.8) is 0 Å². The Morgan fingerprint density at radius 1 is 1.26 bits per heavy atom. The Hall–Kier alpha value is -1.72. The van der Waals surface area contributed by atoms with Crippen molar-refractivity contribution < 1.29 is 14.3 Å². The van der Waals surface area contributed by atoms with Gasteiger partial charge in [0.1, 0.15) is 0 Å². The van der Waals surface area contributed by atoms with Gasteiger partial charge >= 0.3 is 0 Å². The van der Waals surface area contributed by atoms with Crippen LogP contribution in [-0.2, 0) is 14.3 Å². The van der Waals surface area contributed by atoms with Crippen LogP contribution in [0, 0.1) is 5.92 Å². The molecule has 1 saturated heterocycles. The summed E-state index contributed by atoms with van der Waals surface area (Å²) in [4.78, 5) is 12.0. The molecule has 0 unspecified atom stereocenters. The summed E-state index contributed by atoms with van der Waals surface area (Å²) >= 11 is 0. The molecule has 124 valence electrons. The molecule has 1 N–H and O–H groups in total. The molecule has 1 aromatic rings. The summed E-state index contributed by atoms with van der Waals surface area (Å²) in [6.45, 7) is 1.34. The van der Waals surface area contributed by atoms with Crippen LogP contribution in [0.5, 0.6) is 0 Å². The average molecular weight is 316 g/mol. The minimum Gasteiger partial charge on any atom is -0.347 e. The van der Waals surface area contributed by atoms with Gasteiger partial charge in [-0.3, -0.25) is 4.79 Å². The molecule has 0 radical (unpaired) electrons. The summed E-state index contributed by atoms with van der Waals surface area (Å²) in [6.07, 6.45) is 7.24. The zero-order chi connectivity index (χ0) is 16.0. The van der Waals surface area contributed by atoms with Crippen molar-refractivity contribution in [2.24, 2.45) is 11.0 Å². The van der Waals surface area contributed by atoms with Crippen LogP contribution in [0.4, 0.5) is 0 Å². The number of carbonyl (C=O) groups excluding carboxylic acids is 1. The van der Waals surface area contributed by atoms with Crippen LogP contribution in [0.25, 0.3) is 0 Å². The van der Waals surface area contributed by atoms with Crippen LogP contribution >= 0.6 is 0 Å². The van der Waals surface area contributed by atoms with E-state index in [9.17, 15) is 4.79 Å². The van der Waals surface area contributed by atoms with E-state index in [1.165, 1.54) is 6.42 Å². The minimum atomic E-state index is -0.425. The number of benzene rings is 1. The molecule has 1 heterocycles. The van der Waals surface area contributed by atoms with Gasteiger partial charge < -0.3 is 9.47 Å². The Bertz CT molecular complexity index is 538. The second-order valence-corrected chi connectivity index (χ2v) is 6.19. The maximum atomic E-state index is 12.0. The van der Waals surface area contributed by atoms with Crippen LogP contribution in [0.1, 0.15) is 44.1 Å². The van der Waals surface area contributed by atoms with E-state index in [-0.39, 0.29) is 5.91 Å². The summed E-state index contributed by atoms with van der Waals surface area (Å²) < 4.78 is 11.8. The van der Waals surface area contributed by atoms with Crippen LogP contribution in [0.15, 0.2) is 35.4 Å². The van der Waals surface area contributed by atoms with E-state index in [1.54, 1.807) is 6.21 Å². The second-order valence-electron chi connectivity index (χ2n) is 6.19. The summed E-state index contributed by atoms with van der Waals surface area (Å²) in [7, 11) is 0. The lowest BCUT2D eigenvalue weighted by Gasteiger charge is -2.39. The fourth-order valence-corrected chi connectivity index (χ4v) is 3.48. The highest BCUT2D eigenvalue weighted by Crippen LogP contribution is 2.42. The van der Waals surface area contributed by atoms with Gasteiger partial charge in [-0.2, -0.15) is 5.10 Å². The van der Waals surface area contributed by atoms with Crippen LogP contribution in [0.3, 0.4) is 0 Å². The average Bonchev–Trinajstić information content (AvgIpc) is 3.04. The molecule has 1 spiro atoms. The van der Waals surface area contributed by atoms with Crippen molar-refractivity contribution in [3.8, 4) is 0 Å². The van der Waals surface area contributed by atoms with Gasteiger partial charge in [0, 0.05) is 18.8 Å². The molecular formula is C18H24N2O3. The molecule has 0 bridgehead atoms. The first-order valence-electron chi connectivity index (χ1n) is 8.43. The first-order chi connectivity index (χ1) is 11.3. The molecule has 3 rings (SSSR count). The van der Waals surface area contributed by atoms with E-state index in [2.05, 4.69) is 10.5 Å². The first-order valence-corrected chi connectivity index (χ1v) is 8.43. The number of hydrogen-bond acceptors (Lipinski definition) is 4. The standard InChI is InChI=1S/C18H24N2O3/c21-17(20-19-14-15-6-2-1-3-7-15)10-9-16-8-4-5-11-18(16)22-12-13-23-18/h1-3,6-7,14,16H,4-5,8-13H2,(H,20,21)/b19-14-/t16-/m1/s1. The molecule has 1 aliphatic carbocycles. The van der Waals surface area contributed by atoms with Crippen molar-refractivity contribution in [2.45, 2.75) is 44.3 Å². The lowest BCUT2D eigenvalue weighted by molar-refractivity contribution is -0.213. The van der Waals surface area contributed by atoms with E-state index in [0.29, 0.717) is 25.6 Å². The van der Waals surface area contributed by atoms with Crippen LogP contribution in [-0.4, -0.2) is 31.1 Å². The number of nitrogens with one attached hydrogen (secondary N) is 1. The fourth-order valence-electron chi connectivity index (χ4n) is 3.48. The fraction of sp³-hybridized carbons (Fsp3) is 0.556. The molecule has 0 aromatic heterocycles. The maximum absolute atomic E-state index is 12.0. The van der Waals surface area contributed by atoms with Gasteiger partial charge in [-0.1, -0.05) is 36.8 Å². The number of hydrogen-bond donors (Lipinski definition) is 1. The number of amides is 1. The van der Waals surface area contributed by atoms with Gasteiger partial charge in [-0.25, -0.2) is 5.43 Å². The van der Waals surface area contributed by atoms with Gasteiger partial charge in [0.25, 0.3) is 0 Å². The third-order valence-corrected chi connectivity index (χ3v) is 4.65. The normalized spacial score (nSPS) is 23.4.